The number of quaternary nitrogens is 1. The van der Waals surface area contributed by atoms with Gasteiger partial charge in [-0.2, -0.15) is 0 Å². The number of rotatable bonds is 6. The maximum Gasteiger partial charge on any atom is 0.195 e. The van der Waals surface area contributed by atoms with Crippen LogP contribution in [0, 0.1) is 6.92 Å². The van der Waals surface area contributed by atoms with Crippen molar-refractivity contribution in [2.45, 2.75) is 18.4 Å². The van der Waals surface area contributed by atoms with E-state index in [9.17, 15) is 17.8 Å². The van der Waals surface area contributed by atoms with E-state index in [1.54, 1.807) is 12.1 Å². The number of aryl methyl sites for hydroxylation is 1. The summed E-state index contributed by atoms with van der Waals surface area (Å²) in [6, 6.07) is 28.1. The van der Waals surface area contributed by atoms with E-state index in [-0.39, 0.29) is 10.7 Å². The molecule has 0 amide bonds. The standard InChI is InChI=1S/C26H27N2O2.C7H8O3S/c1-28(15-17-30-18-16-28)14-13-27-19-24(22-10-4-5-12-25(22)27)26(29)23-11-6-8-20-7-2-3-9-21(20)23;1-6-2-4-7(5-3-6)11(8,9)10/h2-12,19H,13-18H2,1H3;2-5H,1H3,(H,8,9,10)/q+1;/p-1. The number of fused-ring (bicyclic) bond motifs is 2. The number of hydrogen-bond acceptors (Lipinski definition) is 5. The molecule has 1 fully saturated rings. The molecule has 1 aliphatic rings. The lowest BCUT2D eigenvalue weighted by Crippen LogP contribution is -2.53. The van der Waals surface area contributed by atoms with Gasteiger partial charge in [0.1, 0.15) is 23.2 Å². The first-order valence-corrected chi connectivity index (χ1v) is 15.1. The summed E-state index contributed by atoms with van der Waals surface area (Å²) in [4.78, 5) is 13.4. The van der Waals surface area contributed by atoms with E-state index in [4.69, 9.17) is 4.74 Å². The molecule has 6 rings (SSSR count). The number of carbonyl (C=O) groups is 1. The Morgan fingerprint density at radius 2 is 1.49 bits per heavy atom. The number of benzene rings is 4. The Kier molecular flexibility index (Phi) is 8.37. The van der Waals surface area contributed by atoms with Crippen molar-refractivity contribution in [2.24, 2.45) is 0 Å². The highest BCUT2D eigenvalue weighted by Crippen LogP contribution is 2.27. The van der Waals surface area contributed by atoms with E-state index in [0.717, 1.165) is 82.2 Å². The number of ketones is 1. The molecule has 0 atom stereocenters. The molecular weight excluding hydrogens is 536 g/mol. The molecule has 1 saturated heterocycles. The van der Waals surface area contributed by atoms with Crippen molar-refractivity contribution in [2.75, 3.05) is 39.9 Å². The van der Waals surface area contributed by atoms with Crippen LogP contribution in [0.4, 0.5) is 0 Å². The smallest absolute Gasteiger partial charge is 0.195 e. The summed E-state index contributed by atoms with van der Waals surface area (Å²) < 4.78 is 40.0. The van der Waals surface area contributed by atoms with Crippen LogP contribution in [0.25, 0.3) is 21.7 Å². The number of nitrogens with zero attached hydrogens (tertiary/aromatic N) is 2. The molecule has 1 aliphatic heterocycles. The summed E-state index contributed by atoms with van der Waals surface area (Å²) in [6.45, 7) is 7.48. The molecule has 1 aromatic heterocycles. The molecule has 41 heavy (non-hydrogen) atoms. The second-order valence-corrected chi connectivity index (χ2v) is 12.2. The molecule has 0 unspecified atom stereocenters. The maximum absolute atomic E-state index is 13.6. The van der Waals surface area contributed by atoms with Gasteiger partial charge < -0.3 is 18.3 Å². The molecule has 0 saturated carbocycles. The first-order chi connectivity index (χ1) is 19.6. The molecule has 0 spiro atoms. The predicted molar refractivity (Wildman–Crippen MR) is 160 cm³/mol. The quantitative estimate of drug-likeness (QED) is 0.155. The molecular formula is C33H34N2O5S. The highest BCUT2D eigenvalue weighted by molar-refractivity contribution is 7.85. The van der Waals surface area contributed by atoms with E-state index < -0.39 is 10.1 Å². The Balaban J connectivity index is 0.000000259. The summed E-state index contributed by atoms with van der Waals surface area (Å²) in [6.07, 6.45) is 2.06. The van der Waals surface area contributed by atoms with Crippen LogP contribution in [0.15, 0.2) is 102 Å². The first kappa shape index (κ1) is 28.7. The van der Waals surface area contributed by atoms with Gasteiger partial charge in [0.05, 0.1) is 38.2 Å². The average Bonchev–Trinajstić information content (AvgIpc) is 3.35. The third-order valence-electron chi connectivity index (χ3n) is 7.81. The Labute approximate surface area is 240 Å². The lowest BCUT2D eigenvalue weighted by molar-refractivity contribution is -0.917. The van der Waals surface area contributed by atoms with E-state index in [1.165, 1.54) is 12.1 Å². The average molecular weight is 571 g/mol. The molecule has 0 aliphatic carbocycles. The summed E-state index contributed by atoms with van der Waals surface area (Å²) in [5.74, 6) is 0.0912. The Morgan fingerprint density at radius 3 is 2.20 bits per heavy atom. The van der Waals surface area contributed by atoms with Crippen LogP contribution in [0.1, 0.15) is 21.5 Å². The lowest BCUT2D eigenvalue weighted by Gasteiger charge is -2.37. The molecule has 0 N–H and O–H groups in total. The van der Waals surface area contributed by atoms with Gasteiger partial charge in [0.2, 0.25) is 0 Å². The topological polar surface area (TPSA) is 88.4 Å². The van der Waals surface area contributed by atoms with Crippen molar-refractivity contribution in [1.82, 2.24) is 4.57 Å². The minimum atomic E-state index is -4.27. The third kappa shape index (κ3) is 6.57. The highest BCUT2D eigenvalue weighted by Gasteiger charge is 2.26. The fourth-order valence-corrected chi connectivity index (χ4v) is 5.71. The van der Waals surface area contributed by atoms with Gasteiger partial charge in [-0.25, -0.2) is 8.42 Å². The van der Waals surface area contributed by atoms with Gasteiger partial charge in [0.15, 0.2) is 5.78 Å². The molecule has 0 bridgehead atoms. The van der Waals surface area contributed by atoms with E-state index in [0.29, 0.717) is 0 Å². The van der Waals surface area contributed by atoms with Gasteiger partial charge in [-0.15, -0.1) is 0 Å². The van der Waals surface area contributed by atoms with Crippen LogP contribution >= 0.6 is 0 Å². The van der Waals surface area contributed by atoms with Gasteiger partial charge in [-0.3, -0.25) is 4.79 Å². The van der Waals surface area contributed by atoms with Crippen LogP contribution in [-0.2, 0) is 21.4 Å². The fourth-order valence-electron chi connectivity index (χ4n) is 5.24. The third-order valence-corrected chi connectivity index (χ3v) is 8.66. The van der Waals surface area contributed by atoms with Crippen LogP contribution in [0.5, 0.6) is 0 Å². The van der Waals surface area contributed by atoms with E-state index in [1.807, 2.05) is 43.3 Å². The zero-order chi connectivity index (χ0) is 29.0. The Hall–Kier alpha value is -3.82. The predicted octanol–water partition coefficient (Wildman–Crippen LogP) is 5.40. The Bertz CT molecular complexity index is 1780. The maximum atomic E-state index is 13.6. The normalized spacial score (nSPS) is 14.9. The van der Waals surface area contributed by atoms with Crippen molar-refractivity contribution < 1.29 is 27.0 Å². The van der Waals surface area contributed by atoms with Crippen molar-refractivity contribution >= 4 is 37.6 Å². The monoisotopic (exact) mass is 570 g/mol. The molecule has 5 aromatic rings. The second kappa shape index (κ2) is 12.0. The summed E-state index contributed by atoms with van der Waals surface area (Å²) >= 11 is 0. The van der Waals surface area contributed by atoms with Crippen molar-refractivity contribution in [3.05, 3.63) is 114 Å². The van der Waals surface area contributed by atoms with E-state index >= 15 is 0 Å². The second-order valence-electron chi connectivity index (χ2n) is 10.8. The molecule has 212 valence electrons. The van der Waals surface area contributed by atoms with Crippen molar-refractivity contribution in [3.63, 3.8) is 0 Å². The lowest BCUT2D eigenvalue weighted by atomic mass is 9.97. The number of hydrogen-bond donors (Lipinski definition) is 0. The van der Waals surface area contributed by atoms with Gasteiger partial charge in [-0.1, -0.05) is 78.4 Å². The Morgan fingerprint density at radius 1 is 0.854 bits per heavy atom. The molecule has 0 radical (unpaired) electrons. The minimum absolute atomic E-state index is 0.0912. The van der Waals surface area contributed by atoms with Crippen LogP contribution in [0.3, 0.4) is 0 Å². The number of para-hydroxylation sites is 1. The number of ether oxygens (including phenoxy) is 1. The first-order valence-electron chi connectivity index (χ1n) is 13.7. The zero-order valence-corrected chi connectivity index (χ0v) is 24.1. The van der Waals surface area contributed by atoms with Crippen LogP contribution in [0.2, 0.25) is 0 Å². The number of aromatic nitrogens is 1. The van der Waals surface area contributed by atoms with Crippen molar-refractivity contribution in [3.8, 4) is 0 Å². The number of likely N-dealkylation sites (N-methyl/N-ethyl adjacent to an activating group) is 1. The van der Waals surface area contributed by atoms with Gasteiger partial charge in [0.25, 0.3) is 0 Å². The van der Waals surface area contributed by atoms with Gasteiger partial charge >= 0.3 is 0 Å². The molecule has 7 nitrogen and oxygen atoms in total. The number of carbonyl (C=O) groups excluding carboxylic acids is 1. The number of morpholine rings is 1. The van der Waals surface area contributed by atoms with Gasteiger partial charge in [0, 0.05) is 28.2 Å². The largest absolute Gasteiger partial charge is 0.744 e. The molecule has 2 heterocycles. The highest BCUT2D eigenvalue weighted by atomic mass is 32.2. The SMILES string of the molecule is C[N+]1(CCn2cc(C(=O)c3cccc4ccccc34)c3ccccc32)CCOCC1.Cc1ccc(S(=O)(=O)[O-])cc1. The zero-order valence-electron chi connectivity index (χ0n) is 23.3. The summed E-state index contributed by atoms with van der Waals surface area (Å²) in [5, 5.41) is 3.13. The van der Waals surface area contributed by atoms with E-state index in [2.05, 4.69) is 48.1 Å². The summed E-state index contributed by atoms with van der Waals surface area (Å²) in [5.41, 5.74) is 3.60. The van der Waals surface area contributed by atoms with Crippen molar-refractivity contribution in [1.29, 1.82) is 0 Å². The molecule has 8 heteroatoms. The van der Waals surface area contributed by atoms with Gasteiger partial charge in [-0.05, 0) is 35.9 Å². The van der Waals surface area contributed by atoms with Crippen LogP contribution in [-0.4, -0.2) is 67.7 Å². The van der Waals surface area contributed by atoms with Crippen LogP contribution < -0.4 is 0 Å². The fraction of sp³-hybridized carbons (Fsp3) is 0.242. The summed E-state index contributed by atoms with van der Waals surface area (Å²) in [7, 11) is -1.97. The minimum Gasteiger partial charge on any atom is -0.744 e. The molecule has 4 aromatic carbocycles.